The van der Waals surface area contributed by atoms with E-state index in [4.69, 9.17) is 4.42 Å². The maximum atomic E-state index is 11.9. The van der Waals surface area contributed by atoms with Crippen molar-refractivity contribution >= 4 is 11.9 Å². The van der Waals surface area contributed by atoms with Crippen LogP contribution in [0.1, 0.15) is 29.6 Å². The Bertz CT molecular complexity index is 525. The van der Waals surface area contributed by atoms with Crippen molar-refractivity contribution in [2.75, 3.05) is 11.9 Å². The van der Waals surface area contributed by atoms with Crippen LogP contribution >= 0.6 is 0 Å². The molecule has 2 aromatic heterocycles. The topological polar surface area (TPSA) is 80.0 Å². The normalized spacial score (nSPS) is 10.2. The molecule has 0 bridgehead atoms. The lowest BCUT2D eigenvalue weighted by Gasteiger charge is -2.05. The van der Waals surface area contributed by atoms with Crippen molar-refractivity contribution in [3.8, 4) is 0 Å². The summed E-state index contributed by atoms with van der Waals surface area (Å²) in [7, 11) is 0. The number of rotatable bonds is 6. The van der Waals surface area contributed by atoms with E-state index in [-0.39, 0.29) is 5.91 Å². The van der Waals surface area contributed by atoms with E-state index in [1.165, 1.54) is 0 Å². The van der Waals surface area contributed by atoms with E-state index >= 15 is 0 Å². The van der Waals surface area contributed by atoms with Gasteiger partial charge in [-0.1, -0.05) is 6.92 Å². The van der Waals surface area contributed by atoms with Crippen molar-refractivity contribution in [2.45, 2.75) is 19.9 Å². The molecule has 100 valence electrons. The van der Waals surface area contributed by atoms with Gasteiger partial charge in [0.05, 0.1) is 12.8 Å². The minimum Gasteiger partial charge on any atom is -0.467 e. The molecule has 0 radical (unpaired) electrons. The second-order valence-corrected chi connectivity index (χ2v) is 3.95. The number of hydrogen-bond acceptors (Lipinski definition) is 5. The summed E-state index contributed by atoms with van der Waals surface area (Å²) in [6.45, 7) is 3.16. The molecule has 6 heteroatoms. The van der Waals surface area contributed by atoms with Gasteiger partial charge in [-0.25, -0.2) is 9.97 Å². The average Bonchev–Trinajstić information content (AvgIpc) is 2.96. The zero-order valence-electron chi connectivity index (χ0n) is 10.7. The third-order valence-corrected chi connectivity index (χ3v) is 2.42. The molecule has 2 rings (SSSR count). The molecule has 0 aliphatic heterocycles. The molecule has 2 aromatic rings. The molecule has 0 saturated carbocycles. The fourth-order valence-electron chi connectivity index (χ4n) is 1.48. The number of nitrogens with one attached hydrogen (secondary N) is 2. The number of furan rings is 1. The quantitative estimate of drug-likeness (QED) is 0.828. The Morgan fingerprint density at radius 2 is 2.32 bits per heavy atom. The van der Waals surface area contributed by atoms with Crippen LogP contribution in [-0.2, 0) is 6.54 Å². The predicted molar refractivity (Wildman–Crippen MR) is 70.7 cm³/mol. The van der Waals surface area contributed by atoms with E-state index in [2.05, 4.69) is 20.6 Å². The zero-order valence-corrected chi connectivity index (χ0v) is 10.7. The Morgan fingerprint density at radius 3 is 3.05 bits per heavy atom. The Balaban J connectivity index is 1.94. The molecule has 0 fully saturated rings. The van der Waals surface area contributed by atoms with Gasteiger partial charge in [-0.3, -0.25) is 4.79 Å². The summed E-state index contributed by atoms with van der Waals surface area (Å²) in [5, 5.41) is 5.77. The van der Waals surface area contributed by atoms with Crippen molar-refractivity contribution in [3.63, 3.8) is 0 Å². The standard InChI is InChI=1S/C13H16N4O2/c1-2-6-14-13-15-7-5-11(17-13)12(18)16-9-10-4-3-8-19-10/h3-5,7-8H,2,6,9H2,1H3,(H,16,18)(H,14,15,17). The van der Waals surface area contributed by atoms with Crippen molar-refractivity contribution in [2.24, 2.45) is 0 Å². The lowest BCUT2D eigenvalue weighted by molar-refractivity contribution is 0.0943. The molecule has 0 unspecified atom stereocenters. The highest BCUT2D eigenvalue weighted by atomic mass is 16.3. The number of aromatic nitrogens is 2. The van der Waals surface area contributed by atoms with Crippen molar-refractivity contribution in [1.29, 1.82) is 0 Å². The van der Waals surface area contributed by atoms with Crippen LogP contribution in [0.4, 0.5) is 5.95 Å². The van der Waals surface area contributed by atoms with Crippen LogP contribution in [0.15, 0.2) is 35.1 Å². The predicted octanol–water partition coefficient (Wildman–Crippen LogP) is 1.82. The van der Waals surface area contributed by atoms with Gasteiger partial charge in [0, 0.05) is 12.7 Å². The molecule has 2 heterocycles. The molecule has 0 spiro atoms. The van der Waals surface area contributed by atoms with Crippen LogP contribution in [0.25, 0.3) is 0 Å². The van der Waals surface area contributed by atoms with E-state index in [1.807, 2.05) is 6.92 Å². The maximum absolute atomic E-state index is 11.9. The van der Waals surface area contributed by atoms with Crippen molar-refractivity contribution in [1.82, 2.24) is 15.3 Å². The van der Waals surface area contributed by atoms with Gasteiger partial charge in [0.15, 0.2) is 0 Å². The third-order valence-electron chi connectivity index (χ3n) is 2.42. The summed E-state index contributed by atoms with van der Waals surface area (Å²) < 4.78 is 5.14. The number of nitrogens with zero attached hydrogens (tertiary/aromatic N) is 2. The smallest absolute Gasteiger partial charge is 0.270 e. The Kier molecular flexibility index (Phi) is 4.49. The largest absolute Gasteiger partial charge is 0.467 e. The summed E-state index contributed by atoms with van der Waals surface area (Å²) >= 11 is 0. The number of carbonyl (C=O) groups is 1. The first-order valence-corrected chi connectivity index (χ1v) is 6.17. The highest BCUT2D eigenvalue weighted by molar-refractivity contribution is 5.92. The number of carbonyl (C=O) groups excluding carboxylic acids is 1. The van der Waals surface area contributed by atoms with E-state index < -0.39 is 0 Å². The van der Waals surface area contributed by atoms with E-state index in [9.17, 15) is 4.79 Å². The first-order valence-electron chi connectivity index (χ1n) is 6.17. The van der Waals surface area contributed by atoms with Gasteiger partial charge >= 0.3 is 0 Å². The van der Waals surface area contributed by atoms with Gasteiger partial charge in [0.2, 0.25) is 5.95 Å². The van der Waals surface area contributed by atoms with Crippen LogP contribution in [0, 0.1) is 0 Å². The molecule has 0 saturated heterocycles. The van der Waals surface area contributed by atoms with Crippen molar-refractivity contribution < 1.29 is 9.21 Å². The fraction of sp³-hybridized carbons (Fsp3) is 0.308. The van der Waals surface area contributed by atoms with E-state index in [0.29, 0.717) is 23.9 Å². The molecule has 1 amide bonds. The average molecular weight is 260 g/mol. The molecular formula is C13H16N4O2. The monoisotopic (exact) mass is 260 g/mol. The summed E-state index contributed by atoms with van der Waals surface area (Å²) in [5.41, 5.74) is 0.333. The minimum atomic E-state index is -0.252. The molecular weight excluding hydrogens is 244 g/mol. The van der Waals surface area contributed by atoms with Crippen LogP contribution < -0.4 is 10.6 Å². The SMILES string of the molecule is CCCNc1nccc(C(=O)NCc2ccco2)n1. The highest BCUT2D eigenvalue weighted by Crippen LogP contribution is 2.03. The van der Waals surface area contributed by atoms with Gasteiger partial charge in [0.1, 0.15) is 11.5 Å². The van der Waals surface area contributed by atoms with Crippen LogP contribution in [0.2, 0.25) is 0 Å². The zero-order chi connectivity index (χ0) is 13.5. The second-order valence-electron chi connectivity index (χ2n) is 3.95. The lowest BCUT2D eigenvalue weighted by atomic mass is 10.3. The Hall–Kier alpha value is -2.37. The molecule has 0 aliphatic rings. The number of anilines is 1. The van der Waals surface area contributed by atoms with E-state index in [1.54, 1.807) is 30.7 Å². The molecule has 6 nitrogen and oxygen atoms in total. The summed E-state index contributed by atoms with van der Waals surface area (Å²) in [6, 6.07) is 5.15. The third kappa shape index (κ3) is 3.80. The van der Waals surface area contributed by atoms with Gasteiger partial charge < -0.3 is 15.1 Å². The van der Waals surface area contributed by atoms with Crippen LogP contribution in [0.5, 0.6) is 0 Å². The Morgan fingerprint density at radius 1 is 1.42 bits per heavy atom. The second kappa shape index (κ2) is 6.53. The van der Waals surface area contributed by atoms with Gasteiger partial charge in [-0.05, 0) is 24.6 Å². The minimum absolute atomic E-state index is 0.252. The van der Waals surface area contributed by atoms with Crippen LogP contribution in [0.3, 0.4) is 0 Å². The first-order chi connectivity index (χ1) is 9.29. The highest BCUT2D eigenvalue weighted by Gasteiger charge is 2.08. The van der Waals surface area contributed by atoms with Crippen LogP contribution in [-0.4, -0.2) is 22.4 Å². The summed E-state index contributed by atoms with van der Waals surface area (Å²) in [4.78, 5) is 20.1. The molecule has 19 heavy (non-hydrogen) atoms. The van der Waals surface area contributed by atoms with E-state index in [0.717, 1.165) is 13.0 Å². The van der Waals surface area contributed by atoms with Gasteiger partial charge in [0.25, 0.3) is 5.91 Å². The van der Waals surface area contributed by atoms with Gasteiger partial charge in [-0.15, -0.1) is 0 Å². The number of amides is 1. The van der Waals surface area contributed by atoms with Crippen molar-refractivity contribution in [3.05, 3.63) is 42.1 Å². The molecule has 0 atom stereocenters. The molecule has 0 aromatic carbocycles. The first kappa shape index (κ1) is 13.1. The van der Waals surface area contributed by atoms with Gasteiger partial charge in [-0.2, -0.15) is 0 Å². The molecule has 2 N–H and O–H groups in total. The summed E-state index contributed by atoms with van der Waals surface area (Å²) in [6.07, 6.45) is 4.10. The fourth-order valence-corrected chi connectivity index (χ4v) is 1.48. The summed E-state index contributed by atoms with van der Waals surface area (Å²) in [5.74, 6) is 0.914. The lowest BCUT2D eigenvalue weighted by Crippen LogP contribution is -2.24. The molecule has 0 aliphatic carbocycles. The maximum Gasteiger partial charge on any atom is 0.270 e. The Labute approximate surface area is 111 Å². The number of hydrogen-bond donors (Lipinski definition) is 2.